The normalized spacial score (nSPS) is 28.6. The number of carboxylic acids is 1. The molecule has 1 rings (SSSR count). The van der Waals surface area contributed by atoms with Crippen molar-refractivity contribution in [3.05, 3.63) is 0 Å². The molecule has 1 saturated heterocycles. The summed E-state index contributed by atoms with van der Waals surface area (Å²) in [6, 6.07) is -0.843. The summed E-state index contributed by atoms with van der Waals surface area (Å²) in [6.07, 6.45) is -0.656. The third-order valence-electron chi connectivity index (χ3n) is 2.21. The number of piperidine rings is 1. The van der Waals surface area contributed by atoms with Gasteiger partial charge in [0.15, 0.2) is 0 Å². The number of hydrogen-bond donors (Lipinski definition) is 1. The topological polar surface area (TPSA) is 57.6 Å². The van der Waals surface area contributed by atoms with E-state index in [1.54, 1.807) is 0 Å². The van der Waals surface area contributed by atoms with Gasteiger partial charge in [-0.05, 0) is 12.8 Å². The third-order valence-corrected chi connectivity index (χ3v) is 2.21. The SMILES string of the molecule is CC(=O)N1C[C@H](F)CC[C@H]1C(=O)O. The highest BCUT2D eigenvalue weighted by Gasteiger charge is 2.34. The quantitative estimate of drug-likeness (QED) is 0.650. The molecule has 1 heterocycles. The molecule has 13 heavy (non-hydrogen) atoms. The first-order chi connectivity index (χ1) is 6.02. The fraction of sp³-hybridized carbons (Fsp3) is 0.750. The molecule has 0 unspecified atom stereocenters. The first kappa shape index (κ1) is 9.95. The minimum absolute atomic E-state index is 0.0910. The van der Waals surface area contributed by atoms with E-state index >= 15 is 0 Å². The molecule has 1 N–H and O–H groups in total. The summed E-state index contributed by atoms with van der Waals surface area (Å²) in [5.74, 6) is -1.43. The Morgan fingerprint density at radius 2 is 2.08 bits per heavy atom. The van der Waals surface area contributed by atoms with E-state index < -0.39 is 18.2 Å². The summed E-state index contributed by atoms with van der Waals surface area (Å²) in [6.45, 7) is 1.17. The lowest BCUT2D eigenvalue weighted by Crippen LogP contribution is -2.50. The van der Waals surface area contributed by atoms with Gasteiger partial charge in [-0.15, -0.1) is 0 Å². The number of carbonyl (C=O) groups is 2. The first-order valence-electron chi connectivity index (χ1n) is 4.16. The van der Waals surface area contributed by atoms with Crippen LogP contribution in [0.3, 0.4) is 0 Å². The summed E-state index contributed by atoms with van der Waals surface area (Å²) in [5.41, 5.74) is 0. The zero-order valence-corrected chi connectivity index (χ0v) is 7.36. The average molecular weight is 189 g/mol. The van der Waals surface area contributed by atoms with Crippen LogP contribution in [-0.4, -0.2) is 40.6 Å². The standard InChI is InChI=1S/C8H12FNO3/c1-5(11)10-4-6(9)2-3-7(10)8(12)13/h6-7H,2-4H2,1H3,(H,12,13)/t6-,7+/m1/s1. The monoisotopic (exact) mass is 189 g/mol. The van der Waals surface area contributed by atoms with Crippen molar-refractivity contribution in [2.75, 3.05) is 6.54 Å². The lowest BCUT2D eigenvalue weighted by atomic mass is 10.0. The Bertz CT molecular complexity index is 231. The van der Waals surface area contributed by atoms with Crippen molar-refractivity contribution in [1.29, 1.82) is 0 Å². The number of likely N-dealkylation sites (tertiary alicyclic amines) is 1. The van der Waals surface area contributed by atoms with E-state index in [1.807, 2.05) is 0 Å². The van der Waals surface area contributed by atoms with Crippen molar-refractivity contribution in [2.45, 2.75) is 32.0 Å². The van der Waals surface area contributed by atoms with Crippen LogP contribution < -0.4 is 0 Å². The van der Waals surface area contributed by atoms with Crippen molar-refractivity contribution in [1.82, 2.24) is 4.90 Å². The van der Waals surface area contributed by atoms with Gasteiger partial charge in [-0.25, -0.2) is 9.18 Å². The van der Waals surface area contributed by atoms with Crippen LogP contribution in [-0.2, 0) is 9.59 Å². The van der Waals surface area contributed by atoms with Gasteiger partial charge >= 0.3 is 5.97 Å². The van der Waals surface area contributed by atoms with Crippen LogP contribution in [0.1, 0.15) is 19.8 Å². The van der Waals surface area contributed by atoms with Gasteiger partial charge < -0.3 is 10.0 Å². The largest absolute Gasteiger partial charge is 0.480 e. The van der Waals surface area contributed by atoms with Gasteiger partial charge in [-0.2, -0.15) is 0 Å². The molecule has 1 amide bonds. The molecule has 0 aromatic rings. The summed E-state index contributed by atoms with van der Waals surface area (Å²) in [7, 11) is 0. The number of carbonyl (C=O) groups excluding carboxylic acids is 1. The fourth-order valence-corrected chi connectivity index (χ4v) is 1.53. The molecule has 0 aromatic carbocycles. The Kier molecular flexibility index (Phi) is 2.85. The van der Waals surface area contributed by atoms with Crippen LogP contribution in [0.4, 0.5) is 4.39 Å². The highest BCUT2D eigenvalue weighted by atomic mass is 19.1. The Morgan fingerprint density at radius 3 is 2.54 bits per heavy atom. The molecule has 1 aliphatic heterocycles. The van der Waals surface area contributed by atoms with Gasteiger partial charge in [0.25, 0.3) is 0 Å². The van der Waals surface area contributed by atoms with E-state index in [0.717, 1.165) is 4.90 Å². The number of rotatable bonds is 1. The molecule has 0 saturated carbocycles. The molecule has 1 fully saturated rings. The minimum Gasteiger partial charge on any atom is -0.480 e. The number of carboxylic acid groups (broad SMARTS) is 1. The first-order valence-corrected chi connectivity index (χ1v) is 4.16. The number of amides is 1. The summed E-state index contributed by atoms with van der Waals surface area (Å²) >= 11 is 0. The molecule has 0 spiro atoms. The molecular weight excluding hydrogens is 177 g/mol. The number of hydrogen-bond acceptors (Lipinski definition) is 2. The van der Waals surface area contributed by atoms with E-state index in [9.17, 15) is 14.0 Å². The molecule has 0 radical (unpaired) electrons. The molecule has 5 heteroatoms. The van der Waals surface area contributed by atoms with E-state index in [-0.39, 0.29) is 25.3 Å². The Labute approximate surface area is 75.3 Å². The van der Waals surface area contributed by atoms with Crippen LogP contribution >= 0.6 is 0 Å². The second kappa shape index (κ2) is 3.72. The van der Waals surface area contributed by atoms with Gasteiger partial charge in [-0.3, -0.25) is 4.79 Å². The molecule has 2 atom stereocenters. The maximum Gasteiger partial charge on any atom is 0.326 e. The maximum atomic E-state index is 12.8. The summed E-state index contributed by atoms with van der Waals surface area (Å²) < 4.78 is 12.8. The highest BCUT2D eigenvalue weighted by Crippen LogP contribution is 2.19. The maximum absolute atomic E-state index is 12.8. The van der Waals surface area contributed by atoms with E-state index in [0.29, 0.717) is 0 Å². The number of alkyl halides is 1. The Balaban J connectivity index is 2.72. The van der Waals surface area contributed by atoms with Crippen LogP contribution in [0.2, 0.25) is 0 Å². The number of nitrogens with zero attached hydrogens (tertiary/aromatic N) is 1. The molecule has 74 valence electrons. The molecule has 1 aliphatic rings. The van der Waals surface area contributed by atoms with Crippen LogP contribution in [0.5, 0.6) is 0 Å². The minimum atomic E-state index is -1.08. The Morgan fingerprint density at radius 1 is 1.46 bits per heavy atom. The predicted octanol–water partition coefficient (Wildman–Crippen LogP) is 0.420. The Hall–Kier alpha value is -1.13. The zero-order chi connectivity index (χ0) is 10.0. The van der Waals surface area contributed by atoms with Gasteiger partial charge in [0.2, 0.25) is 5.91 Å². The van der Waals surface area contributed by atoms with Crippen LogP contribution in [0.25, 0.3) is 0 Å². The van der Waals surface area contributed by atoms with Gasteiger partial charge in [0, 0.05) is 6.92 Å². The number of aliphatic carboxylic acids is 1. The van der Waals surface area contributed by atoms with Crippen molar-refractivity contribution in [3.8, 4) is 0 Å². The van der Waals surface area contributed by atoms with E-state index in [1.165, 1.54) is 6.92 Å². The summed E-state index contributed by atoms with van der Waals surface area (Å²) in [4.78, 5) is 22.7. The summed E-state index contributed by atoms with van der Waals surface area (Å²) in [5, 5.41) is 8.73. The predicted molar refractivity (Wildman–Crippen MR) is 42.9 cm³/mol. The zero-order valence-electron chi connectivity index (χ0n) is 7.36. The lowest BCUT2D eigenvalue weighted by Gasteiger charge is -2.33. The molecule has 0 bridgehead atoms. The number of halogens is 1. The third kappa shape index (κ3) is 2.17. The molecular formula is C8H12FNO3. The van der Waals surface area contributed by atoms with Crippen molar-refractivity contribution >= 4 is 11.9 Å². The molecule has 0 aromatic heterocycles. The smallest absolute Gasteiger partial charge is 0.326 e. The molecule has 0 aliphatic carbocycles. The van der Waals surface area contributed by atoms with Crippen LogP contribution in [0.15, 0.2) is 0 Å². The highest BCUT2D eigenvalue weighted by molar-refractivity contribution is 5.82. The van der Waals surface area contributed by atoms with Gasteiger partial charge in [0.1, 0.15) is 12.2 Å². The van der Waals surface area contributed by atoms with Crippen LogP contribution in [0, 0.1) is 0 Å². The van der Waals surface area contributed by atoms with Gasteiger partial charge in [0.05, 0.1) is 6.54 Å². The second-order valence-corrected chi connectivity index (χ2v) is 3.20. The van der Waals surface area contributed by atoms with E-state index in [4.69, 9.17) is 5.11 Å². The van der Waals surface area contributed by atoms with E-state index in [2.05, 4.69) is 0 Å². The van der Waals surface area contributed by atoms with Gasteiger partial charge in [-0.1, -0.05) is 0 Å². The van der Waals surface area contributed by atoms with Crippen molar-refractivity contribution in [3.63, 3.8) is 0 Å². The molecule has 4 nitrogen and oxygen atoms in total. The lowest BCUT2D eigenvalue weighted by molar-refractivity contribution is -0.152. The van der Waals surface area contributed by atoms with Crippen molar-refractivity contribution in [2.24, 2.45) is 0 Å². The average Bonchev–Trinajstić information content (AvgIpc) is 2.03. The van der Waals surface area contributed by atoms with Crippen molar-refractivity contribution < 1.29 is 19.1 Å². The second-order valence-electron chi connectivity index (χ2n) is 3.20. The fourth-order valence-electron chi connectivity index (χ4n) is 1.53.